The molecule has 0 radical (unpaired) electrons. The normalized spacial score (nSPS) is 15.9. The standard InChI is InChI=1S/C19H23N9O/c1-11(23-18-16-17(22-10-21-16)25-19(20)26-18)15-14(28-5-7-29-8-6-28)9-13-12(24-15)3-4-27(13)2/h3-4,9-11H,5-8H2,1-2H3,(H4,20,21,22,23,25,26)/t11-/m0/s1. The smallest absolute Gasteiger partial charge is 0.224 e. The summed E-state index contributed by atoms with van der Waals surface area (Å²) in [7, 11) is 2.03. The monoisotopic (exact) mass is 393 g/mol. The number of aromatic amines is 1. The summed E-state index contributed by atoms with van der Waals surface area (Å²) < 4.78 is 7.63. The Balaban J connectivity index is 1.57. The van der Waals surface area contributed by atoms with E-state index in [0.29, 0.717) is 24.7 Å². The van der Waals surface area contributed by atoms with Gasteiger partial charge in [-0.2, -0.15) is 9.97 Å². The average molecular weight is 393 g/mol. The highest BCUT2D eigenvalue weighted by atomic mass is 16.5. The van der Waals surface area contributed by atoms with E-state index in [2.05, 4.69) is 47.7 Å². The molecule has 1 aliphatic heterocycles. The number of rotatable bonds is 4. The Morgan fingerprint density at radius 3 is 2.90 bits per heavy atom. The molecule has 1 fully saturated rings. The molecular weight excluding hydrogens is 370 g/mol. The van der Waals surface area contributed by atoms with Crippen LogP contribution in [0, 0.1) is 0 Å². The van der Waals surface area contributed by atoms with E-state index in [1.165, 1.54) is 0 Å². The van der Waals surface area contributed by atoms with E-state index in [-0.39, 0.29) is 12.0 Å². The third kappa shape index (κ3) is 3.11. The van der Waals surface area contributed by atoms with Crippen LogP contribution in [0.25, 0.3) is 22.2 Å². The molecule has 4 aromatic rings. The maximum atomic E-state index is 5.87. The van der Waals surface area contributed by atoms with Gasteiger partial charge in [0, 0.05) is 26.3 Å². The first-order valence-corrected chi connectivity index (χ1v) is 9.62. The van der Waals surface area contributed by atoms with E-state index in [1.54, 1.807) is 6.33 Å². The van der Waals surface area contributed by atoms with Crippen molar-refractivity contribution in [2.75, 3.05) is 42.3 Å². The Hall–Kier alpha value is -3.40. The molecule has 0 amide bonds. The maximum Gasteiger partial charge on any atom is 0.224 e. The van der Waals surface area contributed by atoms with E-state index in [9.17, 15) is 0 Å². The van der Waals surface area contributed by atoms with Crippen LogP contribution in [-0.4, -0.2) is 55.8 Å². The summed E-state index contributed by atoms with van der Waals surface area (Å²) in [6, 6.07) is 4.13. The summed E-state index contributed by atoms with van der Waals surface area (Å²) in [5.74, 6) is 0.791. The van der Waals surface area contributed by atoms with Crippen LogP contribution in [-0.2, 0) is 11.8 Å². The number of pyridine rings is 1. The predicted molar refractivity (Wildman–Crippen MR) is 112 cm³/mol. The van der Waals surface area contributed by atoms with Crippen LogP contribution in [0.1, 0.15) is 18.7 Å². The highest BCUT2D eigenvalue weighted by Crippen LogP contribution is 2.32. The molecule has 5 rings (SSSR count). The molecule has 5 heterocycles. The second kappa shape index (κ2) is 6.89. The lowest BCUT2D eigenvalue weighted by atomic mass is 10.1. The molecule has 0 aromatic carbocycles. The van der Waals surface area contributed by atoms with Crippen molar-refractivity contribution < 1.29 is 4.74 Å². The molecule has 10 nitrogen and oxygen atoms in total. The Labute approximate surface area is 167 Å². The Morgan fingerprint density at radius 2 is 2.07 bits per heavy atom. The van der Waals surface area contributed by atoms with Crippen LogP contribution in [0.4, 0.5) is 17.5 Å². The largest absolute Gasteiger partial charge is 0.378 e. The number of aryl methyl sites for hydroxylation is 1. The van der Waals surface area contributed by atoms with Crippen molar-refractivity contribution in [2.45, 2.75) is 13.0 Å². The Morgan fingerprint density at radius 1 is 1.24 bits per heavy atom. The number of nitrogens with one attached hydrogen (secondary N) is 2. The molecule has 10 heteroatoms. The van der Waals surface area contributed by atoms with Gasteiger partial charge in [0.25, 0.3) is 0 Å². The summed E-state index contributed by atoms with van der Waals surface area (Å²) in [6.45, 7) is 5.17. The first-order valence-electron chi connectivity index (χ1n) is 9.62. The highest BCUT2D eigenvalue weighted by Gasteiger charge is 2.22. The zero-order chi connectivity index (χ0) is 20.0. The first kappa shape index (κ1) is 17.7. The summed E-state index contributed by atoms with van der Waals surface area (Å²) in [4.78, 5) is 23.1. The molecule has 0 aliphatic carbocycles. The van der Waals surface area contributed by atoms with E-state index in [4.69, 9.17) is 15.5 Å². The summed E-state index contributed by atoms with van der Waals surface area (Å²) in [6.07, 6.45) is 3.62. The van der Waals surface area contributed by atoms with Gasteiger partial charge in [0.2, 0.25) is 5.95 Å². The van der Waals surface area contributed by atoms with Crippen LogP contribution in [0.5, 0.6) is 0 Å². The third-order valence-corrected chi connectivity index (χ3v) is 5.29. The molecule has 4 aromatic heterocycles. The number of anilines is 3. The second-order valence-corrected chi connectivity index (χ2v) is 7.22. The molecule has 150 valence electrons. The zero-order valence-corrected chi connectivity index (χ0v) is 16.4. The van der Waals surface area contributed by atoms with Gasteiger partial charge in [0.15, 0.2) is 11.5 Å². The van der Waals surface area contributed by atoms with Crippen molar-refractivity contribution in [3.63, 3.8) is 0 Å². The molecule has 1 atom stereocenters. The Kier molecular flexibility index (Phi) is 4.20. The molecule has 1 saturated heterocycles. The number of hydrogen-bond donors (Lipinski definition) is 3. The van der Waals surface area contributed by atoms with Crippen LogP contribution < -0.4 is 16.0 Å². The third-order valence-electron chi connectivity index (χ3n) is 5.29. The number of morpholine rings is 1. The average Bonchev–Trinajstić information content (AvgIpc) is 3.34. The number of imidazole rings is 1. The van der Waals surface area contributed by atoms with Crippen LogP contribution in [0.15, 0.2) is 24.7 Å². The van der Waals surface area contributed by atoms with Crippen LogP contribution >= 0.6 is 0 Å². The van der Waals surface area contributed by atoms with Gasteiger partial charge in [-0.3, -0.25) is 0 Å². The quantitative estimate of drug-likeness (QED) is 0.480. The summed E-state index contributed by atoms with van der Waals surface area (Å²) >= 11 is 0. The van der Waals surface area contributed by atoms with Crippen molar-refractivity contribution in [1.82, 2.24) is 29.5 Å². The molecule has 0 unspecified atom stereocenters. The van der Waals surface area contributed by atoms with E-state index in [0.717, 1.165) is 41.0 Å². The van der Waals surface area contributed by atoms with E-state index in [1.807, 2.05) is 19.3 Å². The number of fused-ring (bicyclic) bond motifs is 2. The molecular formula is C19H23N9O. The number of nitrogen functional groups attached to an aromatic ring is 1. The van der Waals surface area contributed by atoms with Crippen molar-refractivity contribution in [3.05, 3.63) is 30.4 Å². The number of H-pyrrole nitrogens is 1. The molecule has 29 heavy (non-hydrogen) atoms. The van der Waals surface area contributed by atoms with Gasteiger partial charge in [-0.25, -0.2) is 9.97 Å². The SMILES string of the molecule is C[C@H](Nc1nc(N)nc2nc[nH]c12)c1nc2ccn(C)c2cc1N1CCOCC1. The fourth-order valence-corrected chi connectivity index (χ4v) is 3.79. The topological polar surface area (TPSA) is 123 Å². The van der Waals surface area contributed by atoms with Gasteiger partial charge in [0.05, 0.1) is 48.0 Å². The predicted octanol–water partition coefficient (Wildman–Crippen LogP) is 1.83. The fourth-order valence-electron chi connectivity index (χ4n) is 3.79. The van der Waals surface area contributed by atoms with Crippen molar-refractivity contribution in [1.29, 1.82) is 0 Å². The van der Waals surface area contributed by atoms with Gasteiger partial charge in [-0.05, 0) is 19.1 Å². The lowest BCUT2D eigenvalue weighted by Crippen LogP contribution is -2.37. The lowest BCUT2D eigenvalue weighted by Gasteiger charge is -2.31. The van der Waals surface area contributed by atoms with Crippen LogP contribution in [0.3, 0.4) is 0 Å². The fraction of sp³-hybridized carbons (Fsp3) is 0.368. The number of ether oxygens (including phenoxy) is 1. The number of nitrogens with zero attached hydrogens (tertiary/aromatic N) is 6. The minimum atomic E-state index is -0.113. The first-order chi connectivity index (χ1) is 14.1. The zero-order valence-electron chi connectivity index (χ0n) is 16.4. The number of aromatic nitrogens is 6. The lowest BCUT2D eigenvalue weighted by molar-refractivity contribution is 0.122. The van der Waals surface area contributed by atoms with Gasteiger partial charge in [-0.15, -0.1) is 0 Å². The van der Waals surface area contributed by atoms with Crippen molar-refractivity contribution in [3.8, 4) is 0 Å². The van der Waals surface area contributed by atoms with Crippen LogP contribution in [0.2, 0.25) is 0 Å². The minimum absolute atomic E-state index is 0.113. The van der Waals surface area contributed by atoms with Gasteiger partial charge in [0.1, 0.15) is 5.52 Å². The molecule has 1 aliphatic rings. The molecule has 0 spiro atoms. The van der Waals surface area contributed by atoms with Gasteiger partial charge >= 0.3 is 0 Å². The maximum absolute atomic E-state index is 5.87. The highest BCUT2D eigenvalue weighted by molar-refractivity contribution is 5.84. The Bertz CT molecular complexity index is 1180. The summed E-state index contributed by atoms with van der Waals surface area (Å²) in [5, 5.41) is 3.45. The van der Waals surface area contributed by atoms with Gasteiger partial charge in [-0.1, -0.05) is 0 Å². The van der Waals surface area contributed by atoms with Crippen molar-refractivity contribution >= 4 is 39.7 Å². The second-order valence-electron chi connectivity index (χ2n) is 7.22. The minimum Gasteiger partial charge on any atom is -0.378 e. The van der Waals surface area contributed by atoms with Crippen molar-refractivity contribution in [2.24, 2.45) is 7.05 Å². The molecule has 0 saturated carbocycles. The van der Waals surface area contributed by atoms with E-state index >= 15 is 0 Å². The number of hydrogen-bond acceptors (Lipinski definition) is 8. The van der Waals surface area contributed by atoms with Gasteiger partial charge < -0.3 is 30.2 Å². The molecule has 0 bridgehead atoms. The number of nitrogens with two attached hydrogens (primary N) is 1. The molecule has 4 N–H and O–H groups in total. The van der Waals surface area contributed by atoms with E-state index < -0.39 is 0 Å². The summed E-state index contributed by atoms with van der Waals surface area (Å²) in [5.41, 5.74) is 11.2.